The molecule has 8 aromatic heterocycles. The zero-order chi connectivity index (χ0) is 67.5. The van der Waals surface area contributed by atoms with Gasteiger partial charge >= 0.3 is 0 Å². The quantitative estimate of drug-likeness (QED) is 0.103. The Labute approximate surface area is 548 Å². The van der Waals surface area contributed by atoms with E-state index in [1.807, 2.05) is 73.8 Å². The van der Waals surface area contributed by atoms with E-state index in [4.69, 9.17) is 4.42 Å². The second-order valence-electron chi connectivity index (χ2n) is 26.5. The molecule has 0 atom stereocenters. The highest BCUT2D eigenvalue weighted by Crippen LogP contribution is 2.26. The Morgan fingerprint density at radius 1 is 0.409 bits per heavy atom. The minimum Gasteiger partial charge on any atom is -0.440 e. The third kappa shape index (κ3) is 17.6. The van der Waals surface area contributed by atoms with Gasteiger partial charge in [0.2, 0.25) is 0 Å². The summed E-state index contributed by atoms with van der Waals surface area (Å²) in [5, 5.41) is 0.761. The molecule has 0 fully saturated rings. The lowest BCUT2D eigenvalue weighted by atomic mass is 10.1. The average Bonchev–Trinajstić information content (AvgIpc) is 1.83. The number of rotatable bonds is 7. The lowest BCUT2D eigenvalue weighted by molar-refractivity contribution is 0.501. The predicted octanol–water partition coefficient (Wildman–Crippen LogP) is 20.3. The van der Waals surface area contributed by atoms with Crippen molar-refractivity contribution in [3.8, 4) is 0 Å². The van der Waals surface area contributed by atoms with Crippen LogP contribution in [0.5, 0.6) is 0 Å². The number of nitrogens with zero attached hydrogens (tertiary/aromatic N) is 8. The lowest BCUT2D eigenvalue weighted by Gasteiger charge is -2.06. The number of hydrogen-bond acceptors (Lipinski definition) is 9. The molecule has 0 saturated heterocycles. The summed E-state index contributed by atoms with van der Waals surface area (Å²) < 4.78 is 7.68. The van der Waals surface area contributed by atoms with Gasteiger partial charge in [-0.25, -0.2) is 34.9 Å². The van der Waals surface area contributed by atoms with E-state index in [1.165, 1.54) is 33.3 Å². The Balaban J connectivity index is 0.000000139. The molecule has 5 N–H and O–H groups in total. The van der Waals surface area contributed by atoms with Crippen LogP contribution < -0.4 is 5.43 Å². The van der Waals surface area contributed by atoms with E-state index in [0.29, 0.717) is 41.4 Å². The van der Waals surface area contributed by atoms with Gasteiger partial charge in [0.05, 0.1) is 49.7 Å². The summed E-state index contributed by atoms with van der Waals surface area (Å²) >= 11 is 0. The van der Waals surface area contributed by atoms with Crippen molar-refractivity contribution in [1.29, 1.82) is 0 Å². The molecule has 15 nitrogen and oxygen atoms in total. The number of fused-ring (bicyclic) bond motifs is 7. The van der Waals surface area contributed by atoms with Crippen molar-refractivity contribution in [2.75, 3.05) is 0 Å². The zero-order valence-corrected chi connectivity index (χ0v) is 58.6. The van der Waals surface area contributed by atoms with Gasteiger partial charge in [-0.15, -0.1) is 0 Å². The Morgan fingerprint density at radius 3 is 1.60 bits per heavy atom. The molecule has 0 bridgehead atoms. The molecule has 0 amide bonds. The molecule has 0 saturated carbocycles. The number of nitrogens with one attached hydrogen (secondary N) is 5. The van der Waals surface area contributed by atoms with E-state index < -0.39 is 0 Å². The monoisotopic (exact) mass is 1250 g/mol. The molecule has 0 radical (unpaired) electrons. The third-order valence-electron chi connectivity index (χ3n) is 16.2. The summed E-state index contributed by atoms with van der Waals surface area (Å²) in [7, 11) is 2.07. The summed E-state index contributed by atoms with van der Waals surface area (Å²) in [5.74, 6) is 9.21. The van der Waals surface area contributed by atoms with Crippen molar-refractivity contribution < 1.29 is 4.42 Å². The van der Waals surface area contributed by atoms with Crippen molar-refractivity contribution in [2.24, 2.45) is 7.05 Å². The van der Waals surface area contributed by atoms with Crippen LogP contribution in [0.4, 0.5) is 0 Å². The van der Waals surface area contributed by atoms with Gasteiger partial charge in [-0.1, -0.05) is 145 Å². The first-order valence-electron chi connectivity index (χ1n) is 32.8. The van der Waals surface area contributed by atoms with Crippen molar-refractivity contribution in [3.05, 3.63) is 218 Å². The normalized spacial score (nSPS) is 11.4. The van der Waals surface area contributed by atoms with E-state index >= 15 is 0 Å². The molecular weight excluding hydrogens is 1150 g/mol. The molecule has 0 spiro atoms. The van der Waals surface area contributed by atoms with Crippen LogP contribution in [0.3, 0.4) is 0 Å². The summed E-state index contributed by atoms with van der Waals surface area (Å²) in [5.41, 5.74) is 22.3. The van der Waals surface area contributed by atoms with Crippen molar-refractivity contribution in [1.82, 2.24) is 64.4 Å². The highest BCUT2D eigenvalue weighted by atomic mass is 16.3. The summed E-state index contributed by atoms with van der Waals surface area (Å²) in [6.45, 7) is 42.4. The number of aryl methyl sites for hydroxylation is 7. The Morgan fingerprint density at radius 2 is 0.968 bits per heavy atom. The minimum absolute atomic E-state index is 0.100. The van der Waals surface area contributed by atoms with Gasteiger partial charge in [0.25, 0.3) is 0 Å². The van der Waals surface area contributed by atoms with E-state index in [1.54, 1.807) is 6.07 Å². The number of hydrogen-bond donors (Lipinski definition) is 5. The van der Waals surface area contributed by atoms with Gasteiger partial charge in [-0.3, -0.25) is 4.79 Å². The van der Waals surface area contributed by atoms with Gasteiger partial charge < -0.3 is 33.9 Å². The van der Waals surface area contributed by atoms with Crippen LogP contribution >= 0.6 is 0 Å². The largest absolute Gasteiger partial charge is 0.440 e. The predicted molar refractivity (Wildman–Crippen MR) is 389 cm³/mol. The van der Waals surface area contributed by atoms with Crippen LogP contribution in [-0.2, 0) is 7.05 Å². The van der Waals surface area contributed by atoms with E-state index in [-0.39, 0.29) is 5.43 Å². The highest BCUT2D eigenvalue weighted by molar-refractivity contribution is 5.81. The van der Waals surface area contributed by atoms with Crippen LogP contribution in [0.1, 0.15) is 212 Å². The summed E-state index contributed by atoms with van der Waals surface area (Å²) in [4.78, 5) is 59.5. The number of para-hydroxylation sites is 5. The molecule has 15 heteroatoms. The number of oxazole rings is 1. The van der Waals surface area contributed by atoms with E-state index in [0.717, 1.165) is 118 Å². The number of aromatic nitrogens is 13. The first-order chi connectivity index (χ1) is 44.1. The van der Waals surface area contributed by atoms with Crippen LogP contribution in [-0.4, -0.2) is 64.4 Å². The molecule has 0 unspecified atom stereocenters. The van der Waals surface area contributed by atoms with Gasteiger partial charge in [-0.05, 0) is 154 Å². The molecule has 14 rings (SSSR count). The number of pyridine rings is 2. The number of H-pyrrole nitrogens is 5. The third-order valence-corrected chi connectivity index (χ3v) is 16.2. The van der Waals surface area contributed by atoms with E-state index in [2.05, 4.69) is 264 Å². The second-order valence-corrected chi connectivity index (χ2v) is 26.5. The Kier molecular flexibility index (Phi) is 22.9. The SMILES string of the molecule is CC(C)c1cc(=O)c2ccccc2[nH]1.CC(C)c1nc2ccccc2n1C.CC(C)c1nc2ccccc2o1.Cc1cc2nc(C(C)C)[nH]c2cc1C.Cc1ccc2[nH]c(C(C)C)nc2c1C.Cc1ccc2nc(C(C)C)[nH]c2c1.Cc1cnc2nc(C(C)C)[nH]c2c1. The maximum Gasteiger partial charge on any atom is 0.198 e. The second kappa shape index (κ2) is 30.7. The Hall–Kier alpha value is -9.50. The lowest BCUT2D eigenvalue weighted by Crippen LogP contribution is -2.05. The van der Waals surface area contributed by atoms with Crippen LogP contribution in [0.15, 0.2) is 143 Å². The molecule has 486 valence electrons. The van der Waals surface area contributed by atoms with Gasteiger partial charge in [0.1, 0.15) is 34.6 Å². The van der Waals surface area contributed by atoms with Gasteiger partial charge in [0.15, 0.2) is 22.5 Å². The van der Waals surface area contributed by atoms with Crippen molar-refractivity contribution in [3.63, 3.8) is 0 Å². The molecule has 0 aliphatic rings. The minimum atomic E-state index is 0.100. The van der Waals surface area contributed by atoms with Crippen LogP contribution in [0, 0.1) is 41.5 Å². The summed E-state index contributed by atoms with van der Waals surface area (Å²) in [6, 6.07) is 42.3. The molecule has 93 heavy (non-hydrogen) atoms. The van der Waals surface area contributed by atoms with Gasteiger partial charge in [-0.2, -0.15) is 0 Å². The maximum absolute atomic E-state index is 11.7. The van der Waals surface area contributed by atoms with Crippen LogP contribution in [0.25, 0.3) is 77.3 Å². The number of aromatic amines is 5. The first-order valence-corrected chi connectivity index (χ1v) is 32.8. The standard InChI is InChI=1S/2C12H16N2.C12H13NO.2C11H14N2.C10H13N3.C10H11NO/c1-7(2)12-13-10-5-8(3)9(4)6-11(10)14-12;1-7(2)12-13-10-6-5-8(3)9(4)11(10)14-12;1-8(2)11-7-12(14)9-5-3-4-6-10(9)13-11;1-7(2)11-12-9-5-4-8(3)6-10(9)13-11;1-8(2)11-12-9-6-4-5-7-10(9)13(11)3;1-6(2)9-12-8-4-7(3)5-11-10(8)13-9;1-7(2)10-11-8-5-3-4-6-9(8)12-10/h2*5-7H,1-4H3,(H,13,14);3-8H,1-2H3,(H,13,14);4-7H,1-3H3,(H,12,13);4-8H,1-3H3;4-6H,1-3H3,(H,11,12,13);3-7H,1-2H3. The first kappa shape index (κ1) is 69.4. The fourth-order valence-corrected chi connectivity index (χ4v) is 10.2. The van der Waals surface area contributed by atoms with E-state index in [9.17, 15) is 4.79 Å². The average molecular weight is 1250 g/mol. The Bertz CT molecular complexity index is 4670. The maximum atomic E-state index is 11.7. The molecule has 14 aromatic rings. The van der Waals surface area contributed by atoms with Crippen molar-refractivity contribution in [2.45, 2.75) is 180 Å². The molecule has 0 aliphatic heterocycles. The summed E-state index contributed by atoms with van der Waals surface area (Å²) in [6.07, 6.45) is 1.84. The smallest absolute Gasteiger partial charge is 0.198 e. The number of benzene rings is 6. The molecular formula is C78H97N13O2. The zero-order valence-electron chi connectivity index (χ0n) is 58.6. The molecule has 0 aliphatic carbocycles. The highest BCUT2D eigenvalue weighted by Gasteiger charge is 2.13. The molecule has 6 aromatic carbocycles. The fourth-order valence-electron chi connectivity index (χ4n) is 10.2. The van der Waals surface area contributed by atoms with Gasteiger partial charge in [0, 0.05) is 71.4 Å². The fraction of sp³-hybridized carbons (Fsp3) is 0.359. The molecule has 8 heterocycles. The topological polar surface area (TPSA) is 204 Å². The number of imidazole rings is 5. The van der Waals surface area contributed by atoms with Crippen molar-refractivity contribution >= 4 is 77.3 Å². The van der Waals surface area contributed by atoms with Crippen LogP contribution in [0.2, 0.25) is 0 Å².